The zero-order valence-electron chi connectivity index (χ0n) is 14.1. The first-order valence-electron chi connectivity index (χ1n) is 8.92. The summed E-state index contributed by atoms with van der Waals surface area (Å²) in [5.74, 6) is 3.47. The molecule has 1 aliphatic carbocycles. The zero-order chi connectivity index (χ0) is 15.1. The van der Waals surface area contributed by atoms with Gasteiger partial charge in [-0.05, 0) is 69.0 Å². The topological polar surface area (TPSA) is 25.2 Å². The lowest BCUT2D eigenvalue weighted by Gasteiger charge is -2.27. The van der Waals surface area contributed by atoms with E-state index >= 15 is 0 Å². The molecular formula is C19H33NO. The molecule has 1 aromatic rings. The Morgan fingerprint density at radius 3 is 2.52 bits per heavy atom. The van der Waals surface area contributed by atoms with Crippen LogP contribution in [-0.2, 0) is 0 Å². The number of hydrogen-bond acceptors (Lipinski definition) is 2. The number of rotatable bonds is 8. The van der Waals surface area contributed by atoms with Gasteiger partial charge in [0.25, 0.3) is 0 Å². The first kappa shape index (κ1) is 16.6. The summed E-state index contributed by atoms with van der Waals surface area (Å²) >= 11 is 0. The quantitative estimate of drug-likeness (QED) is 0.697. The molecule has 0 bridgehead atoms. The smallest absolute Gasteiger partial charge is 0.106 e. The third-order valence-corrected chi connectivity index (χ3v) is 4.98. The Hall–Kier alpha value is -0.760. The van der Waals surface area contributed by atoms with Gasteiger partial charge in [0.2, 0.25) is 0 Å². The maximum absolute atomic E-state index is 5.66. The van der Waals surface area contributed by atoms with E-state index in [2.05, 4.69) is 32.2 Å². The van der Waals surface area contributed by atoms with Gasteiger partial charge in [0.1, 0.15) is 5.76 Å². The number of furan rings is 1. The van der Waals surface area contributed by atoms with Crippen LogP contribution in [-0.4, -0.2) is 12.6 Å². The minimum absolute atomic E-state index is 0.581. The number of nitrogens with one attached hydrogen (secondary N) is 1. The molecule has 120 valence electrons. The van der Waals surface area contributed by atoms with Gasteiger partial charge in [-0.25, -0.2) is 0 Å². The Bertz CT molecular complexity index is 363. The van der Waals surface area contributed by atoms with Gasteiger partial charge < -0.3 is 9.73 Å². The largest absolute Gasteiger partial charge is 0.469 e. The Morgan fingerprint density at radius 2 is 1.90 bits per heavy atom. The molecule has 1 aliphatic rings. The lowest BCUT2D eigenvalue weighted by Crippen LogP contribution is -2.33. The van der Waals surface area contributed by atoms with E-state index in [9.17, 15) is 0 Å². The van der Waals surface area contributed by atoms with Crippen molar-refractivity contribution in [2.45, 2.75) is 77.7 Å². The minimum Gasteiger partial charge on any atom is -0.469 e. The second-order valence-electron chi connectivity index (χ2n) is 7.38. The molecule has 2 rings (SSSR count). The molecule has 0 amide bonds. The van der Waals surface area contributed by atoms with Crippen LogP contribution < -0.4 is 5.32 Å². The van der Waals surface area contributed by atoms with Crippen LogP contribution in [0.5, 0.6) is 0 Å². The Morgan fingerprint density at radius 1 is 1.14 bits per heavy atom. The van der Waals surface area contributed by atoms with Crippen LogP contribution >= 0.6 is 0 Å². The third kappa shape index (κ3) is 5.86. The van der Waals surface area contributed by atoms with Gasteiger partial charge in [-0.2, -0.15) is 0 Å². The molecule has 2 heteroatoms. The van der Waals surface area contributed by atoms with Crippen LogP contribution in [0.2, 0.25) is 0 Å². The van der Waals surface area contributed by atoms with E-state index in [1.807, 2.05) is 12.3 Å². The first-order chi connectivity index (χ1) is 10.1. The SMILES string of the molecule is CC(C)CC[C@H](CCNC1CCC(C)CC1)c1ccco1. The predicted molar refractivity (Wildman–Crippen MR) is 89.6 cm³/mol. The van der Waals surface area contributed by atoms with Gasteiger partial charge in [0.15, 0.2) is 0 Å². The van der Waals surface area contributed by atoms with E-state index in [0.29, 0.717) is 5.92 Å². The summed E-state index contributed by atoms with van der Waals surface area (Å²) in [6, 6.07) is 4.92. The summed E-state index contributed by atoms with van der Waals surface area (Å²) in [6.45, 7) is 8.12. The maximum Gasteiger partial charge on any atom is 0.106 e. The van der Waals surface area contributed by atoms with Crippen LogP contribution in [0.15, 0.2) is 22.8 Å². The van der Waals surface area contributed by atoms with Crippen LogP contribution in [0.3, 0.4) is 0 Å². The van der Waals surface area contributed by atoms with E-state index in [-0.39, 0.29) is 0 Å². The van der Waals surface area contributed by atoms with Crippen molar-refractivity contribution in [2.24, 2.45) is 11.8 Å². The summed E-state index contributed by atoms with van der Waals surface area (Å²) in [5, 5.41) is 3.78. The highest BCUT2D eigenvalue weighted by Crippen LogP contribution is 2.28. The predicted octanol–water partition coefficient (Wildman–Crippen LogP) is 5.36. The molecule has 2 nitrogen and oxygen atoms in total. The third-order valence-electron chi connectivity index (χ3n) is 4.98. The fourth-order valence-corrected chi connectivity index (χ4v) is 3.41. The normalized spacial score (nSPS) is 24.4. The molecule has 0 saturated heterocycles. The fraction of sp³-hybridized carbons (Fsp3) is 0.789. The molecule has 0 aromatic carbocycles. The van der Waals surface area contributed by atoms with Crippen LogP contribution in [0, 0.1) is 11.8 Å². The van der Waals surface area contributed by atoms with E-state index < -0.39 is 0 Å². The van der Waals surface area contributed by atoms with E-state index in [1.54, 1.807) is 0 Å². The monoisotopic (exact) mass is 291 g/mol. The molecule has 1 heterocycles. The molecule has 1 aromatic heterocycles. The molecule has 1 fully saturated rings. The van der Waals surface area contributed by atoms with Crippen LogP contribution in [0.4, 0.5) is 0 Å². The second-order valence-corrected chi connectivity index (χ2v) is 7.38. The van der Waals surface area contributed by atoms with Crippen molar-refractivity contribution in [1.29, 1.82) is 0 Å². The summed E-state index contributed by atoms with van der Waals surface area (Å²) in [5.41, 5.74) is 0. The molecule has 1 atom stereocenters. The van der Waals surface area contributed by atoms with Crippen molar-refractivity contribution in [3.8, 4) is 0 Å². The summed E-state index contributed by atoms with van der Waals surface area (Å²) in [4.78, 5) is 0. The Balaban J connectivity index is 1.74. The van der Waals surface area contributed by atoms with Crippen molar-refractivity contribution >= 4 is 0 Å². The summed E-state index contributed by atoms with van der Waals surface area (Å²) < 4.78 is 5.66. The van der Waals surface area contributed by atoms with Gasteiger partial charge >= 0.3 is 0 Å². The van der Waals surface area contributed by atoms with Crippen molar-refractivity contribution < 1.29 is 4.42 Å². The Kier molecular flexibility index (Phi) is 6.82. The molecule has 21 heavy (non-hydrogen) atoms. The molecular weight excluding hydrogens is 258 g/mol. The van der Waals surface area contributed by atoms with E-state index in [0.717, 1.165) is 24.4 Å². The average Bonchev–Trinajstić information content (AvgIpc) is 2.98. The minimum atomic E-state index is 0.581. The van der Waals surface area contributed by atoms with Crippen molar-refractivity contribution in [3.63, 3.8) is 0 Å². The molecule has 1 saturated carbocycles. The second kappa shape index (κ2) is 8.63. The first-order valence-corrected chi connectivity index (χ1v) is 8.92. The van der Waals surface area contributed by atoms with Gasteiger partial charge in [0.05, 0.1) is 6.26 Å². The molecule has 0 unspecified atom stereocenters. The maximum atomic E-state index is 5.66. The van der Waals surface area contributed by atoms with Gasteiger partial charge in [0, 0.05) is 12.0 Å². The molecule has 0 radical (unpaired) electrons. The zero-order valence-corrected chi connectivity index (χ0v) is 14.1. The molecule has 1 N–H and O–H groups in total. The molecule has 0 aliphatic heterocycles. The number of hydrogen-bond donors (Lipinski definition) is 1. The highest BCUT2D eigenvalue weighted by atomic mass is 16.3. The summed E-state index contributed by atoms with van der Waals surface area (Å²) in [6.07, 6.45) is 11.1. The van der Waals surface area contributed by atoms with Crippen molar-refractivity contribution in [2.75, 3.05) is 6.54 Å². The highest BCUT2D eigenvalue weighted by molar-refractivity contribution is 5.05. The lowest BCUT2D eigenvalue weighted by atomic mass is 9.87. The standard InChI is InChI=1S/C19H33NO/c1-15(2)6-9-17(19-5-4-14-21-19)12-13-20-18-10-7-16(3)8-11-18/h4-5,14-18,20H,6-13H2,1-3H3/t16?,17-,18?/m1/s1. The van der Waals surface area contributed by atoms with Gasteiger partial charge in [-0.3, -0.25) is 0 Å². The average molecular weight is 291 g/mol. The molecule has 0 spiro atoms. The van der Waals surface area contributed by atoms with Gasteiger partial charge in [-0.15, -0.1) is 0 Å². The Labute approximate surface area is 130 Å². The summed E-state index contributed by atoms with van der Waals surface area (Å²) in [7, 11) is 0. The lowest BCUT2D eigenvalue weighted by molar-refractivity contribution is 0.301. The van der Waals surface area contributed by atoms with Crippen LogP contribution in [0.1, 0.15) is 77.4 Å². The van der Waals surface area contributed by atoms with Crippen LogP contribution in [0.25, 0.3) is 0 Å². The van der Waals surface area contributed by atoms with Gasteiger partial charge in [-0.1, -0.05) is 27.2 Å². The van der Waals surface area contributed by atoms with Crippen molar-refractivity contribution in [1.82, 2.24) is 5.32 Å². The fourth-order valence-electron chi connectivity index (χ4n) is 3.41. The van der Waals surface area contributed by atoms with Crippen molar-refractivity contribution in [3.05, 3.63) is 24.2 Å². The van der Waals surface area contributed by atoms with E-state index in [1.165, 1.54) is 50.7 Å². The highest BCUT2D eigenvalue weighted by Gasteiger charge is 2.19. The van der Waals surface area contributed by atoms with E-state index in [4.69, 9.17) is 4.42 Å².